The van der Waals surface area contributed by atoms with Crippen molar-refractivity contribution >= 4 is 17.4 Å². The summed E-state index contributed by atoms with van der Waals surface area (Å²) in [5.74, 6) is -0.425. The van der Waals surface area contributed by atoms with Crippen LogP contribution in [0, 0.1) is 15.9 Å². The van der Waals surface area contributed by atoms with Crippen LogP contribution in [0.4, 0.5) is 10.1 Å². The second-order valence-electron chi connectivity index (χ2n) is 4.19. The predicted molar refractivity (Wildman–Crippen MR) is 74.3 cm³/mol. The highest BCUT2D eigenvalue weighted by atomic mass is 32.2. The van der Waals surface area contributed by atoms with Gasteiger partial charge in [-0.1, -0.05) is 30.0 Å². The summed E-state index contributed by atoms with van der Waals surface area (Å²) >= 11 is 0.991. The first-order valence-electron chi connectivity index (χ1n) is 5.88. The van der Waals surface area contributed by atoms with Crippen LogP contribution >= 0.6 is 11.8 Å². The zero-order valence-electron chi connectivity index (χ0n) is 10.6. The molecule has 0 unspecified atom stereocenters. The number of hydrogen-bond acceptors (Lipinski definition) is 4. The van der Waals surface area contributed by atoms with Crippen molar-refractivity contribution in [2.24, 2.45) is 0 Å². The maximum atomic E-state index is 13.6. The third-order valence-electron chi connectivity index (χ3n) is 2.72. The number of aliphatic hydroxyl groups is 1. The summed E-state index contributed by atoms with van der Waals surface area (Å²) in [6.45, 7) is 1.53. The minimum Gasteiger partial charge on any atom is -0.389 e. The van der Waals surface area contributed by atoms with Gasteiger partial charge >= 0.3 is 0 Å². The third-order valence-corrected chi connectivity index (χ3v) is 3.83. The molecular formula is C14H12FNO3S. The molecule has 0 bridgehead atoms. The molecule has 0 fully saturated rings. The lowest BCUT2D eigenvalue weighted by molar-refractivity contribution is -0.387. The van der Waals surface area contributed by atoms with Crippen LogP contribution < -0.4 is 0 Å². The molecule has 0 aliphatic carbocycles. The lowest BCUT2D eigenvalue weighted by Gasteiger charge is -2.08. The molecule has 4 nitrogen and oxygen atoms in total. The molecule has 20 heavy (non-hydrogen) atoms. The fraction of sp³-hybridized carbons (Fsp3) is 0.143. The van der Waals surface area contributed by atoms with Crippen LogP contribution in [-0.2, 0) is 0 Å². The van der Waals surface area contributed by atoms with Crippen LogP contribution in [0.1, 0.15) is 18.6 Å². The number of benzene rings is 2. The third kappa shape index (κ3) is 3.15. The molecule has 0 aliphatic rings. The van der Waals surface area contributed by atoms with Gasteiger partial charge in [0.1, 0.15) is 5.82 Å². The second-order valence-corrected chi connectivity index (χ2v) is 5.28. The van der Waals surface area contributed by atoms with Crippen LogP contribution in [0.15, 0.2) is 52.3 Å². The van der Waals surface area contributed by atoms with Crippen molar-refractivity contribution in [1.82, 2.24) is 0 Å². The van der Waals surface area contributed by atoms with Crippen molar-refractivity contribution in [3.05, 3.63) is 64.0 Å². The van der Waals surface area contributed by atoms with Crippen LogP contribution in [0.25, 0.3) is 0 Å². The summed E-state index contributed by atoms with van der Waals surface area (Å²) in [7, 11) is 0. The van der Waals surface area contributed by atoms with Crippen molar-refractivity contribution < 1.29 is 14.4 Å². The van der Waals surface area contributed by atoms with E-state index in [1.807, 2.05) is 0 Å². The van der Waals surface area contributed by atoms with Gasteiger partial charge in [0.2, 0.25) is 0 Å². The van der Waals surface area contributed by atoms with E-state index in [0.717, 1.165) is 11.8 Å². The Morgan fingerprint density at radius 1 is 1.25 bits per heavy atom. The van der Waals surface area contributed by atoms with E-state index >= 15 is 0 Å². The zero-order chi connectivity index (χ0) is 14.7. The molecule has 2 aromatic rings. The Hall–Kier alpha value is -1.92. The van der Waals surface area contributed by atoms with Gasteiger partial charge in [0.05, 0.1) is 15.9 Å². The van der Waals surface area contributed by atoms with Crippen molar-refractivity contribution in [3.63, 3.8) is 0 Å². The highest BCUT2D eigenvalue weighted by Gasteiger charge is 2.18. The Morgan fingerprint density at radius 3 is 2.55 bits per heavy atom. The first-order valence-corrected chi connectivity index (χ1v) is 6.69. The Kier molecular flexibility index (Phi) is 4.36. The fourth-order valence-electron chi connectivity index (χ4n) is 1.67. The largest absolute Gasteiger partial charge is 0.389 e. The summed E-state index contributed by atoms with van der Waals surface area (Å²) in [4.78, 5) is 11.2. The van der Waals surface area contributed by atoms with Crippen LogP contribution in [0.2, 0.25) is 0 Å². The second kappa shape index (κ2) is 6.02. The lowest BCUT2D eigenvalue weighted by atomic mass is 10.1. The smallest absolute Gasteiger partial charge is 0.283 e. The summed E-state index contributed by atoms with van der Waals surface area (Å²) < 4.78 is 13.6. The number of nitrogens with zero attached hydrogens (tertiary/aromatic N) is 1. The van der Waals surface area contributed by atoms with E-state index < -0.39 is 16.8 Å². The van der Waals surface area contributed by atoms with E-state index in [1.54, 1.807) is 24.3 Å². The van der Waals surface area contributed by atoms with Gasteiger partial charge in [0, 0.05) is 11.0 Å². The van der Waals surface area contributed by atoms with Gasteiger partial charge in [-0.05, 0) is 30.7 Å². The SMILES string of the molecule is C[C@@H](O)c1ccc(Sc2ccccc2F)c([N+](=O)[O-])c1. The highest BCUT2D eigenvalue weighted by Crippen LogP contribution is 2.37. The predicted octanol–water partition coefficient (Wildman–Crippen LogP) is 3.94. The number of rotatable bonds is 4. The summed E-state index contributed by atoms with van der Waals surface area (Å²) in [5, 5.41) is 20.6. The normalized spacial score (nSPS) is 12.2. The topological polar surface area (TPSA) is 63.4 Å². The number of hydrogen-bond donors (Lipinski definition) is 1. The lowest BCUT2D eigenvalue weighted by Crippen LogP contribution is -1.96. The van der Waals surface area contributed by atoms with Crippen molar-refractivity contribution in [2.75, 3.05) is 0 Å². The van der Waals surface area contributed by atoms with Crippen molar-refractivity contribution in [3.8, 4) is 0 Å². The van der Waals surface area contributed by atoms with Gasteiger partial charge in [-0.3, -0.25) is 10.1 Å². The molecule has 0 heterocycles. The summed E-state index contributed by atoms with van der Waals surface area (Å²) in [6.07, 6.45) is -0.791. The molecule has 0 saturated heterocycles. The maximum absolute atomic E-state index is 13.6. The zero-order valence-corrected chi connectivity index (χ0v) is 11.4. The van der Waals surface area contributed by atoms with Gasteiger partial charge in [0.15, 0.2) is 0 Å². The Bertz CT molecular complexity index is 646. The van der Waals surface area contributed by atoms with E-state index in [2.05, 4.69) is 0 Å². The molecule has 104 valence electrons. The number of nitro benzene ring substituents is 1. The quantitative estimate of drug-likeness (QED) is 0.685. The average Bonchev–Trinajstić information content (AvgIpc) is 2.41. The van der Waals surface area contributed by atoms with Crippen molar-refractivity contribution in [2.45, 2.75) is 22.8 Å². The molecule has 1 N–H and O–H groups in total. The van der Waals surface area contributed by atoms with Gasteiger partial charge in [-0.25, -0.2) is 4.39 Å². The van der Waals surface area contributed by atoms with E-state index in [9.17, 15) is 19.6 Å². The van der Waals surface area contributed by atoms with E-state index in [4.69, 9.17) is 0 Å². The van der Waals surface area contributed by atoms with Gasteiger partial charge in [-0.15, -0.1) is 0 Å². The molecule has 0 aromatic heterocycles. The average molecular weight is 293 g/mol. The number of halogens is 1. The first-order chi connectivity index (χ1) is 9.49. The standard InChI is InChI=1S/C14H12FNO3S/c1-9(17)10-6-7-14(12(8-10)16(18)19)20-13-5-3-2-4-11(13)15/h2-9,17H,1H3/t9-/m1/s1. The molecule has 2 rings (SSSR count). The van der Waals surface area contributed by atoms with Gasteiger partial charge < -0.3 is 5.11 Å². The first kappa shape index (κ1) is 14.5. The van der Waals surface area contributed by atoms with Crippen molar-refractivity contribution in [1.29, 1.82) is 0 Å². The minimum absolute atomic E-state index is 0.142. The molecule has 2 aromatic carbocycles. The fourth-order valence-corrected chi connectivity index (χ4v) is 2.59. The molecule has 6 heteroatoms. The maximum Gasteiger partial charge on any atom is 0.283 e. The van der Waals surface area contributed by atoms with Crippen LogP contribution in [0.3, 0.4) is 0 Å². The Morgan fingerprint density at radius 2 is 1.95 bits per heavy atom. The van der Waals surface area contributed by atoms with E-state index in [1.165, 1.54) is 25.1 Å². The Balaban J connectivity index is 2.41. The number of aliphatic hydroxyl groups excluding tert-OH is 1. The van der Waals surface area contributed by atoms with Gasteiger partial charge in [0.25, 0.3) is 5.69 Å². The summed E-state index contributed by atoms with van der Waals surface area (Å²) in [6, 6.07) is 10.5. The number of nitro groups is 1. The van der Waals surface area contributed by atoms with Crippen LogP contribution in [0.5, 0.6) is 0 Å². The van der Waals surface area contributed by atoms with E-state index in [-0.39, 0.29) is 5.69 Å². The molecule has 0 saturated carbocycles. The highest BCUT2D eigenvalue weighted by molar-refractivity contribution is 7.99. The molecule has 1 atom stereocenters. The van der Waals surface area contributed by atoms with Crippen LogP contribution in [-0.4, -0.2) is 10.0 Å². The monoisotopic (exact) mass is 293 g/mol. The van der Waals surface area contributed by atoms with Gasteiger partial charge in [-0.2, -0.15) is 0 Å². The molecule has 0 radical (unpaired) electrons. The summed E-state index contributed by atoms with van der Waals surface area (Å²) in [5.41, 5.74) is 0.311. The minimum atomic E-state index is -0.791. The Labute approximate surface area is 119 Å². The molecular weight excluding hydrogens is 281 g/mol. The molecule has 0 aliphatic heterocycles. The van der Waals surface area contributed by atoms with E-state index in [0.29, 0.717) is 15.4 Å². The molecule has 0 amide bonds. The molecule has 0 spiro atoms.